The molecule has 3 atom stereocenters. The maximum atomic E-state index is 6.41. The van der Waals surface area contributed by atoms with E-state index in [0.29, 0.717) is 0 Å². The van der Waals surface area contributed by atoms with E-state index in [1.807, 2.05) is 41.4 Å². The van der Waals surface area contributed by atoms with Crippen LogP contribution in [0.4, 0.5) is 11.5 Å². The number of hydrogen-bond acceptors (Lipinski definition) is 4. The van der Waals surface area contributed by atoms with Gasteiger partial charge in [-0.3, -0.25) is 0 Å². The van der Waals surface area contributed by atoms with E-state index in [1.165, 1.54) is 5.56 Å². The largest absolute Gasteiger partial charge is 0.486 e. The van der Waals surface area contributed by atoms with Crippen molar-refractivity contribution in [2.24, 2.45) is 0 Å². The Morgan fingerprint density at radius 2 is 2.03 bits per heavy atom. The smallest absolute Gasteiger partial charge is 0.133 e. The van der Waals surface area contributed by atoms with Gasteiger partial charge in [0, 0.05) is 47.2 Å². The molecule has 3 aromatic rings. The molecule has 5 nitrogen and oxygen atoms in total. The van der Waals surface area contributed by atoms with Crippen LogP contribution in [0.15, 0.2) is 102 Å². The summed E-state index contributed by atoms with van der Waals surface area (Å²) in [5.74, 6) is 2.07. The zero-order chi connectivity index (χ0) is 21.5. The number of fused-ring (bicyclic) bond motifs is 3. The molecule has 1 aromatic carbocycles. The number of benzene rings is 1. The molecule has 158 valence electrons. The normalized spacial score (nSPS) is 23.4. The molecule has 0 saturated carbocycles. The number of halogens is 1. The van der Waals surface area contributed by atoms with Crippen LogP contribution in [0, 0.1) is 0 Å². The highest BCUT2D eigenvalue weighted by atomic mass is 79.9. The first-order valence-corrected chi connectivity index (χ1v) is 11.5. The van der Waals surface area contributed by atoms with Gasteiger partial charge in [-0.1, -0.05) is 46.3 Å². The van der Waals surface area contributed by atoms with Crippen molar-refractivity contribution in [2.75, 3.05) is 4.90 Å². The number of anilines is 2. The molecule has 1 aliphatic heterocycles. The lowest BCUT2D eigenvalue weighted by Gasteiger charge is -2.28. The van der Waals surface area contributed by atoms with E-state index >= 15 is 0 Å². The van der Waals surface area contributed by atoms with Crippen molar-refractivity contribution in [1.29, 1.82) is 0 Å². The van der Waals surface area contributed by atoms with Crippen LogP contribution in [0.2, 0.25) is 0 Å². The van der Waals surface area contributed by atoms with Crippen molar-refractivity contribution >= 4 is 33.1 Å². The molecule has 3 heterocycles. The summed E-state index contributed by atoms with van der Waals surface area (Å²) >= 11 is 3.65. The highest BCUT2D eigenvalue weighted by Crippen LogP contribution is 2.49. The van der Waals surface area contributed by atoms with Gasteiger partial charge in [-0.15, -0.1) is 0 Å². The average molecular weight is 485 g/mol. The van der Waals surface area contributed by atoms with E-state index < -0.39 is 0 Å². The van der Waals surface area contributed by atoms with E-state index in [1.54, 1.807) is 6.20 Å². The molecule has 2 aromatic heterocycles. The van der Waals surface area contributed by atoms with Gasteiger partial charge in [0.05, 0.1) is 11.7 Å². The van der Waals surface area contributed by atoms with Gasteiger partial charge in [0.1, 0.15) is 17.7 Å². The van der Waals surface area contributed by atoms with Crippen LogP contribution in [-0.4, -0.2) is 26.9 Å². The molecule has 2 aliphatic carbocycles. The Kier molecular flexibility index (Phi) is 4.80. The molecule has 0 saturated heterocycles. The lowest BCUT2D eigenvalue weighted by molar-refractivity contribution is 0.252. The second kappa shape index (κ2) is 7.95. The van der Waals surface area contributed by atoms with Gasteiger partial charge in [-0.2, -0.15) is 5.10 Å². The van der Waals surface area contributed by atoms with Crippen molar-refractivity contribution in [3.05, 3.63) is 108 Å². The summed E-state index contributed by atoms with van der Waals surface area (Å²) in [6.45, 7) is 0. The predicted molar refractivity (Wildman–Crippen MR) is 130 cm³/mol. The Morgan fingerprint density at radius 3 is 2.88 bits per heavy atom. The third kappa shape index (κ3) is 3.41. The summed E-state index contributed by atoms with van der Waals surface area (Å²) in [7, 11) is 0. The van der Waals surface area contributed by atoms with Crippen molar-refractivity contribution in [2.45, 2.75) is 24.5 Å². The third-order valence-electron chi connectivity index (χ3n) is 6.09. The molecular weight excluding hydrogens is 464 g/mol. The third-order valence-corrected chi connectivity index (χ3v) is 6.61. The van der Waals surface area contributed by atoms with Crippen LogP contribution in [0.25, 0.3) is 5.70 Å². The Balaban J connectivity index is 1.32. The minimum absolute atomic E-state index is 0.0434. The van der Waals surface area contributed by atoms with Crippen molar-refractivity contribution in [3.63, 3.8) is 0 Å². The van der Waals surface area contributed by atoms with Crippen LogP contribution in [0.1, 0.15) is 17.9 Å². The lowest BCUT2D eigenvalue weighted by Crippen LogP contribution is -2.29. The summed E-state index contributed by atoms with van der Waals surface area (Å²) in [6.07, 6.45) is 19.2. The second-order valence-electron chi connectivity index (χ2n) is 8.06. The van der Waals surface area contributed by atoms with Gasteiger partial charge in [-0.25, -0.2) is 9.67 Å². The summed E-state index contributed by atoms with van der Waals surface area (Å²) in [6, 6.07) is 14.6. The molecule has 6 heteroatoms. The number of allylic oxidation sites excluding steroid dienone is 4. The van der Waals surface area contributed by atoms with E-state index in [0.717, 1.165) is 33.9 Å². The zero-order valence-electron chi connectivity index (χ0n) is 17.3. The standard InChI is InChI=1S/C26H21BrN4O/c27-18-8-10-22-23-11-9-21(32-20-6-3-5-19(16-20)30-14-4-13-29-30)17-25(23)31(24(22)15-18)26-7-1-2-12-28-26/h1-15,17,20,22,24H,16H2. The lowest BCUT2D eigenvalue weighted by atomic mass is 9.91. The summed E-state index contributed by atoms with van der Waals surface area (Å²) in [5, 5.41) is 4.35. The van der Waals surface area contributed by atoms with Crippen LogP contribution in [-0.2, 0) is 0 Å². The van der Waals surface area contributed by atoms with Gasteiger partial charge in [0.15, 0.2) is 0 Å². The summed E-state index contributed by atoms with van der Waals surface area (Å²) in [4.78, 5) is 6.96. The maximum absolute atomic E-state index is 6.41. The first kappa shape index (κ1) is 19.3. The Morgan fingerprint density at radius 1 is 1.06 bits per heavy atom. The fourth-order valence-corrected chi connectivity index (χ4v) is 5.10. The Hall–Kier alpha value is -3.38. The number of aromatic nitrogens is 3. The van der Waals surface area contributed by atoms with Crippen LogP contribution in [0.3, 0.4) is 0 Å². The summed E-state index contributed by atoms with van der Waals surface area (Å²) in [5.41, 5.74) is 3.55. The number of rotatable bonds is 4. The number of ether oxygens (including phenoxy) is 1. The second-order valence-corrected chi connectivity index (χ2v) is 8.98. The van der Waals surface area contributed by atoms with E-state index in [9.17, 15) is 0 Å². The van der Waals surface area contributed by atoms with Crippen LogP contribution >= 0.6 is 15.9 Å². The Bertz CT molecular complexity index is 1260. The molecule has 0 bridgehead atoms. The Labute approximate surface area is 195 Å². The summed E-state index contributed by atoms with van der Waals surface area (Å²) < 4.78 is 9.40. The first-order valence-electron chi connectivity index (χ1n) is 10.7. The highest BCUT2D eigenvalue weighted by molar-refractivity contribution is 9.11. The number of hydrogen-bond donors (Lipinski definition) is 0. The van der Waals surface area contributed by atoms with Gasteiger partial charge < -0.3 is 9.64 Å². The molecule has 0 amide bonds. The van der Waals surface area contributed by atoms with Gasteiger partial charge in [0.25, 0.3) is 0 Å². The van der Waals surface area contributed by atoms with Crippen LogP contribution in [0.5, 0.6) is 5.75 Å². The van der Waals surface area contributed by atoms with E-state index in [2.05, 4.69) is 85.6 Å². The molecule has 0 spiro atoms. The van der Waals surface area contributed by atoms with Gasteiger partial charge >= 0.3 is 0 Å². The molecule has 3 aliphatic rings. The van der Waals surface area contributed by atoms with Gasteiger partial charge in [-0.05, 0) is 48.1 Å². The molecular formula is C26H21BrN4O. The molecule has 0 N–H and O–H groups in total. The quantitative estimate of drug-likeness (QED) is 0.456. The topological polar surface area (TPSA) is 43.2 Å². The molecule has 0 fully saturated rings. The number of nitrogens with zero attached hydrogens (tertiary/aromatic N) is 4. The fraction of sp³-hybridized carbons (Fsp3) is 0.154. The van der Waals surface area contributed by atoms with E-state index in [4.69, 9.17) is 4.74 Å². The van der Waals surface area contributed by atoms with Crippen molar-refractivity contribution in [1.82, 2.24) is 14.8 Å². The van der Waals surface area contributed by atoms with Gasteiger partial charge in [0.2, 0.25) is 0 Å². The van der Waals surface area contributed by atoms with Crippen molar-refractivity contribution < 1.29 is 4.74 Å². The highest BCUT2D eigenvalue weighted by Gasteiger charge is 2.39. The predicted octanol–water partition coefficient (Wildman–Crippen LogP) is 5.98. The van der Waals surface area contributed by atoms with Crippen LogP contribution < -0.4 is 9.64 Å². The molecule has 6 rings (SSSR count). The molecule has 0 radical (unpaired) electrons. The fourth-order valence-electron chi connectivity index (χ4n) is 4.67. The monoisotopic (exact) mass is 484 g/mol. The maximum Gasteiger partial charge on any atom is 0.133 e. The SMILES string of the molecule is BrC1=CC2C(C=C1)c1ccc(OC3C=CC=C(n4cccn4)C3)cc1N2c1ccccn1. The molecule has 3 unspecified atom stereocenters. The molecule has 32 heavy (non-hydrogen) atoms. The number of pyridine rings is 1. The van der Waals surface area contributed by atoms with E-state index in [-0.39, 0.29) is 18.1 Å². The zero-order valence-corrected chi connectivity index (χ0v) is 18.8. The minimum Gasteiger partial charge on any atom is -0.486 e. The first-order chi connectivity index (χ1) is 15.8. The average Bonchev–Trinajstić information content (AvgIpc) is 3.46. The van der Waals surface area contributed by atoms with Crippen molar-refractivity contribution in [3.8, 4) is 5.75 Å². The minimum atomic E-state index is -0.0434.